The lowest BCUT2D eigenvalue weighted by Crippen LogP contribution is -2.47. The van der Waals surface area contributed by atoms with Crippen LogP contribution in [0.25, 0.3) is 21.6 Å². The Morgan fingerprint density at radius 1 is 1.07 bits per heavy atom. The summed E-state index contributed by atoms with van der Waals surface area (Å²) >= 11 is 1.63. The van der Waals surface area contributed by atoms with Gasteiger partial charge in [-0.05, 0) is 85.3 Å². The van der Waals surface area contributed by atoms with Crippen LogP contribution >= 0.6 is 11.3 Å². The minimum absolute atomic E-state index is 0.0480. The Hall–Kier alpha value is -4.15. The van der Waals surface area contributed by atoms with E-state index in [1.807, 2.05) is 48.8 Å². The molecule has 1 aliphatic carbocycles. The molecule has 3 aromatic rings. The number of benzene rings is 1. The molecule has 1 aromatic carbocycles. The van der Waals surface area contributed by atoms with Gasteiger partial charge < -0.3 is 14.4 Å². The van der Waals surface area contributed by atoms with E-state index in [4.69, 9.17) is 19.4 Å². The van der Waals surface area contributed by atoms with Crippen LogP contribution in [0.2, 0.25) is 0 Å². The molecule has 1 saturated heterocycles. The van der Waals surface area contributed by atoms with Crippen LogP contribution in [0.15, 0.2) is 30.4 Å². The Kier molecular flexibility index (Phi) is 13.3. The number of esters is 1. The number of fused-ring (bicyclic) bond motifs is 3. The fourth-order valence-electron chi connectivity index (χ4n) is 8.73. The number of nitrogens with zero attached hydrogens (tertiary/aromatic N) is 5. The summed E-state index contributed by atoms with van der Waals surface area (Å²) in [4.78, 5) is 69.5. The second kappa shape index (κ2) is 17.5. The summed E-state index contributed by atoms with van der Waals surface area (Å²) in [7, 11) is -1.49. The monoisotopic (exact) mass is 880 g/mol. The molecule has 3 aliphatic rings. The third-order valence-corrected chi connectivity index (χ3v) is 14.3. The van der Waals surface area contributed by atoms with Gasteiger partial charge in [0.1, 0.15) is 22.2 Å². The van der Waals surface area contributed by atoms with Crippen LogP contribution in [0.3, 0.4) is 0 Å². The summed E-state index contributed by atoms with van der Waals surface area (Å²) in [5.41, 5.74) is 1.32. The molecule has 4 heterocycles. The predicted octanol–water partition coefficient (Wildman–Crippen LogP) is 7.45. The maximum absolute atomic E-state index is 14.8. The van der Waals surface area contributed by atoms with Gasteiger partial charge in [0.15, 0.2) is 5.78 Å². The van der Waals surface area contributed by atoms with Crippen LogP contribution in [-0.4, -0.2) is 94.1 Å². The highest BCUT2D eigenvalue weighted by Gasteiger charge is 2.61. The summed E-state index contributed by atoms with van der Waals surface area (Å²) in [6, 6.07) is 5.28. The number of ketones is 1. The Balaban J connectivity index is 1.37. The molecule has 0 bridgehead atoms. The van der Waals surface area contributed by atoms with Crippen molar-refractivity contribution in [2.24, 2.45) is 17.3 Å². The van der Waals surface area contributed by atoms with Crippen LogP contribution in [0, 0.1) is 24.2 Å². The average molecular weight is 881 g/mol. The van der Waals surface area contributed by atoms with E-state index in [-0.39, 0.29) is 54.9 Å². The number of allylic oxidation sites excluding steroid dienone is 2. The number of carbonyl (C=O) groups is 4. The van der Waals surface area contributed by atoms with Gasteiger partial charge in [-0.25, -0.2) is 9.71 Å². The smallest absolute Gasteiger partial charge is 0.307 e. The number of aromatic nitrogens is 3. The predicted molar refractivity (Wildman–Crippen MR) is 236 cm³/mol. The molecule has 6 rings (SSSR count). The lowest BCUT2D eigenvalue weighted by atomic mass is 9.90. The molecule has 2 aliphatic heterocycles. The lowest BCUT2D eigenvalue weighted by Gasteiger charge is -2.29. The van der Waals surface area contributed by atoms with Gasteiger partial charge >= 0.3 is 16.2 Å². The number of aryl methyl sites for hydroxylation is 1. The maximum Gasteiger partial charge on any atom is 0.307 e. The van der Waals surface area contributed by atoms with Crippen molar-refractivity contribution in [3.05, 3.63) is 40.9 Å². The van der Waals surface area contributed by atoms with Gasteiger partial charge in [0, 0.05) is 54.8 Å². The molecule has 5 atom stereocenters. The van der Waals surface area contributed by atoms with Crippen molar-refractivity contribution in [2.45, 2.75) is 149 Å². The fraction of sp³-hybridized carbons (Fsp3) is 0.644. The molecule has 2 fully saturated rings. The molecule has 61 heavy (non-hydrogen) atoms. The largest absolute Gasteiger partial charge is 0.460 e. The first-order valence-corrected chi connectivity index (χ1v) is 23.8. The first-order chi connectivity index (χ1) is 28.4. The number of ether oxygens (including phenoxy) is 2. The first-order valence-electron chi connectivity index (χ1n) is 21.5. The van der Waals surface area contributed by atoms with Crippen molar-refractivity contribution >= 4 is 56.1 Å². The van der Waals surface area contributed by atoms with Crippen LogP contribution in [0.5, 0.6) is 6.01 Å². The maximum atomic E-state index is 14.8. The van der Waals surface area contributed by atoms with E-state index >= 15 is 0 Å². The van der Waals surface area contributed by atoms with Gasteiger partial charge in [-0.2, -0.15) is 17.7 Å². The van der Waals surface area contributed by atoms with Crippen LogP contribution < -0.4 is 9.46 Å². The Morgan fingerprint density at radius 3 is 2.43 bits per heavy atom. The molecular formula is C45H64N6O8S2. The Labute approximate surface area is 365 Å². The second-order valence-electron chi connectivity index (χ2n) is 19.6. The SMILES string of the molecule is Cc1sc(-c2cccc3c2nc(O[C@@H]2C[C@H]4C(=O)C[C@]5(C(=O)NS(=O)(=O)N(C)C)C[C@H]5/C=C\CCCCC[C@H](CC(=O)OC(C)(C)C)C(=O)N4C2)n3C(C)C)nc1C(C)(C)C. The molecule has 0 radical (unpaired) electrons. The molecule has 334 valence electrons. The average Bonchev–Trinajstić information content (AvgIpc) is 3.43. The van der Waals surface area contributed by atoms with Crippen molar-refractivity contribution < 1.29 is 37.1 Å². The van der Waals surface area contributed by atoms with E-state index < -0.39 is 51.2 Å². The number of imidazole rings is 1. The highest BCUT2D eigenvalue weighted by Crippen LogP contribution is 2.57. The molecule has 14 nitrogen and oxygen atoms in total. The highest BCUT2D eigenvalue weighted by atomic mass is 32.2. The molecule has 16 heteroatoms. The van der Waals surface area contributed by atoms with E-state index in [9.17, 15) is 27.6 Å². The normalized spacial score (nSPS) is 24.9. The zero-order valence-electron chi connectivity index (χ0n) is 37.7. The minimum atomic E-state index is -4.14. The van der Waals surface area contributed by atoms with Gasteiger partial charge in [-0.15, -0.1) is 11.3 Å². The van der Waals surface area contributed by atoms with Gasteiger partial charge in [0.2, 0.25) is 11.8 Å². The van der Waals surface area contributed by atoms with Gasteiger partial charge in [0.25, 0.3) is 6.01 Å². The number of thiazole rings is 1. The number of hydrogen-bond donors (Lipinski definition) is 1. The number of amides is 2. The van der Waals surface area contributed by atoms with Crippen molar-refractivity contribution in [1.82, 2.24) is 28.5 Å². The molecule has 2 amide bonds. The summed E-state index contributed by atoms with van der Waals surface area (Å²) < 4.78 is 43.3. The fourth-order valence-corrected chi connectivity index (χ4v) is 10.5. The lowest BCUT2D eigenvalue weighted by molar-refractivity contribution is -0.159. The van der Waals surface area contributed by atoms with E-state index in [0.29, 0.717) is 25.3 Å². The molecule has 0 unspecified atom stereocenters. The summed E-state index contributed by atoms with van der Waals surface area (Å²) in [5, 5.41) is 0.858. The number of rotatable bonds is 9. The van der Waals surface area contributed by atoms with Crippen LogP contribution in [0.1, 0.15) is 130 Å². The summed E-state index contributed by atoms with van der Waals surface area (Å²) in [6.45, 7) is 18.0. The van der Waals surface area contributed by atoms with Crippen LogP contribution in [0.4, 0.5) is 0 Å². The van der Waals surface area contributed by atoms with E-state index in [1.54, 1.807) is 32.1 Å². The zero-order chi connectivity index (χ0) is 44.8. The van der Waals surface area contributed by atoms with Crippen molar-refractivity contribution in [3.8, 4) is 16.6 Å². The van der Waals surface area contributed by atoms with Gasteiger partial charge in [-0.3, -0.25) is 23.7 Å². The van der Waals surface area contributed by atoms with E-state index in [2.05, 4.69) is 32.4 Å². The molecular weight excluding hydrogens is 817 g/mol. The third kappa shape index (κ3) is 10.2. The van der Waals surface area contributed by atoms with Gasteiger partial charge in [-0.1, -0.05) is 51.8 Å². The number of Topliss-reactive ketones (excluding diaryl/α,β-unsaturated/α-hetero) is 1. The van der Waals surface area contributed by atoms with Crippen LogP contribution in [-0.2, 0) is 39.5 Å². The standard InChI is InChI=1S/C45H64N6O8S2/c1-27(2)51-33-21-17-20-32(39-47-38(28(3)60-39)43(4,5)6)37(33)46-42(51)58-31-23-34-35(52)25-45(41(55)48-61(56,57)49(10)11)24-30(45)19-16-14-12-13-15-18-29(40(54)50(34)26-31)22-36(53)59-44(7,8)9/h16-17,19-21,27,29-31,34H,12-15,18,22-26H2,1-11H3,(H,48,55)/b19-16-/t29-,30-,31-,34+,45-/m1/s1. The van der Waals surface area contributed by atoms with Crippen molar-refractivity contribution in [2.75, 3.05) is 20.6 Å². The Morgan fingerprint density at radius 2 is 1.79 bits per heavy atom. The van der Waals surface area contributed by atoms with E-state index in [1.165, 1.54) is 19.0 Å². The summed E-state index contributed by atoms with van der Waals surface area (Å²) in [6.07, 6.45) is 6.71. The highest BCUT2D eigenvalue weighted by molar-refractivity contribution is 7.87. The summed E-state index contributed by atoms with van der Waals surface area (Å²) in [5.74, 6) is -3.05. The minimum Gasteiger partial charge on any atom is -0.460 e. The second-order valence-corrected chi connectivity index (χ2v) is 22.7. The van der Waals surface area contributed by atoms with Gasteiger partial charge in [0.05, 0.1) is 35.6 Å². The Bertz CT molecular complexity index is 2300. The zero-order valence-corrected chi connectivity index (χ0v) is 39.3. The third-order valence-electron chi connectivity index (χ3n) is 11.9. The number of nitrogens with one attached hydrogen (secondary N) is 1. The van der Waals surface area contributed by atoms with E-state index in [0.717, 1.165) is 55.7 Å². The molecule has 2 aromatic heterocycles. The first kappa shape index (κ1) is 46.4. The number of hydrogen-bond acceptors (Lipinski definition) is 11. The molecule has 0 spiro atoms. The topological polar surface area (TPSA) is 170 Å². The quantitative estimate of drug-likeness (QED) is 0.168. The number of carbonyl (C=O) groups excluding carboxylic acids is 4. The molecule has 1 saturated carbocycles. The van der Waals surface area contributed by atoms with Crippen molar-refractivity contribution in [1.29, 1.82) is 0 Å². The number of para-hydroxylation sites is 1. The molecule has 1 N–H and O–H groups in total. The van der Waals surface area contributed by atoms with Crippen molar-refractivity contribution in [3.63, 3.8) is 0 Å².